The number of rotatable bonds is 8. The van der Waals surface area contributed by atoms with Crippen LogP contribution in [0.2, 0.25) is 0 Å². The summed E-state index contributed by atoms with van der Waals surface area (Å²) in [6, 6.07) is 7.89. The van der Waals surface area contributed by atoms with E-state index in [1.54, 1.807) is 0 Å². The number of hydrogen-bond donors (Lipinski definition) is 0. The molecule has 19 heavy (non-hydrogen) atoms. The van der Waals surface area contributed by atoms with Gasteiger partial charge in [-0.1, -0.05) is 35.0 Å². The molecular weight excluding hydrogens is 308 g/mol. The molecule has 1 atom stereocenters. The lowest BCUT2D eigenvalue weighted by Gasteiger charge is -2.13. The monoisotopic (exact) mass is 328 g/mol. The Morgan fingerprint density at radius 2 is 1.95 bits per heavy atom. The van der Waals surface area contributed by atoms with E-state index in [0.717, 1.165) is 23.1 Å². The van der Waals surface area contributed by atoms with Crippen LogP contribution in [-0.2, 0) is 16.0 Å². The topological polar surface area (TPSA) is 35.5 Å². The Kier molecular flexibility index (Phi) is 7.56. The van der Waals surface area contributed by atoms with Crippen LogP contribution in [0, 0.1) is 5.92 Å². The maximum absolute atomic E-state index is 11.7. The summed E-state index contributed by atoms with van der Waals surface area (Å²) in [5.41, 5.74) is 1.13. The predicted octanol–water partition coefficient (Wildman–Crippen LogP) is 3.59. The maximum atomic E-state index is 11.7. The molecule has 0 fully saturated rings. The molecule has 0 amide bonds. The van der Waals surface area contributed by atoms with Gasteiger partial charge in [0.05, 0.1) is 19.1 Å². The van der Waals surface area contributed by atoms with Crippen LogP contribution in [0.15, 0.2) is 24.3 Å². The molecule has 0 bridgehead atoms. The lowest BCUT2D eigenvalue weighted by atomic mass is 9.97. The third kappa shape index (κ3) is 5.64. The number of halogens is 1. The normalized spacial score (nSPS) is 11.9. The Morgan fingerprint density at radius 3 is 2.47 bits per heavy atom. The number of ether oxygens (including phenoxy) is 2. The van der Waals surface area contributed by atoms with Crippen LogP contribution in [-0.4, -0.2) is 24.5 Å². The minimum atomic E-state index is -0.107. The molecular formula is C15H21BrO3. The van der Waals surface area contributed by atoms with Crippen molar-refractivity contribution in [1.29, 1.82) is 0 Å². The summed E-state index contributed by atoms with van der Waals surface area (Å²) in [5.74, 6) is 0.686. The Hall–Kier alpha value is -1.03. The van der Waals surface area contributed by atoms with E-state index in [1.165, 1.54) is 0 Å². The van der Waals surface area contributed by atoms with Crippen molar-refractivity contribution < 1.29 is 14.3 Å². The van der Waals surface area contributed by atoms with Crippen molar-refractivity contribution in [2.75, 3.05) is 18.5 Å². The second-order valence-electron chi connectivity index (χ2n) is 4.24. The van der Waals surface area contributed by atoms with Crippen molar-refractivity contribution in [3.8, 4) is 5.75 Å². The van der Waals surface area contributed by atoms with Crippen LogP contribution in [0.5, 0.6) is 5.75 Å². The zero-order valence-electron chi connectivity index (χ0n) is 11.5. The predicted molar refractivity (Wildman–Crippen MR) is 79.8 cm³/mol. The van der Waals surface area contributed by atoms with Gasteiger partial charge in [0.1, 0.15) is 5.75 Å². The van der Waals surface area contributed by atoms with Crippen LogP contribution in [0.25, 0.3) is 0 Å². The van der Waals surface area contributed by atoms with Gasteiger partial charge in [-0.2, -0.15) is 0 Å². The molecule has 3 nitrogen and oxygen atoms in total. The number of carbonyl (C=O) groups is 1. The highest BCUT2D eigenvalue weighted by Crippen LogP contribution is 2.18. The molecule has 0 saturated carbocycles. The van der Waals surface area contributed by atoms with Gasteiger partial charge in [-0.15, -0.1) is 0 Å². The average molecular weight is 329 g/mol. The standard InChI is InChI=1S/C15H21BrO3/c1-3-13(15(17)18-4-2)11-12-5-7-14(8-6-12)19-10-9-16/h5-8,13H,3-4,9-11H2,1-2H3. The highest BCUT2D eigenvalue weighted by atomic mass is 79.9. The first kappa shape index (κ1) is 16.0. The van der Waals surface area contributed by atoms with Crippen LogP contribution in [0.4, 0.5) is 0 Å². The number of alkyl halides is 1. The van der Waals surface area contributed by atoms with Gasteiger partial charge in [-0.3, -0.25) is 4.79 Å². The van der Waals surface area contributed by atoms with Crippen LogP contribution in [0.1, 0.15) is 25.8 Å². The molecule has 0 N–H and O–H groups in total. The zero-order chi connectivity index (χ0) is 14.1. The van der Waals surface area contributed by atoms with Crippen LogP contribution < -0.4 is 4.74 Å². The average Bonchev–Trinajstić information content (AvgIpc) is 2.44. The smallest absolute Gasteiger partial charge is 0.309 e. The Labute approximate surface area is 123 Å². The molecule has 0 saturated heterocycles. The number of hydrogen-bond acceptors (Lipinski definition) is 3. The van der Waals surface area contributed by atoms with Crippen molar-refractivity contribution in [3.63, 3.8) is 0 Å². The molecule has 1 aromatic carbocycles. The molecule has 1 aromatic rings. The molecule has 0 aliphatic heterocycles. The van der Waals surface area contributed by atoms with Crippen molar-refractivity contribution in [2.24, 2.45) is 5.92 Å². The molecule has 1 rings (SSSR count). The van der Waals surface area contributed by atoms with Crippen LogP contribution in [0.3, 0.4) is 0 Å². The molecule has 0 heterocycles. The van der Waals surface area contributed by atoms with E-state index in [0.29, 0.717) is 19.6 Å². The zero-order valence-corrected chi connectivity index (χ0v) is 13.1. The Morgan fingerprint density at radius 1 is 1.26 bits per heavy atom. The Bertz CT molecular complexity index is 375. The molecule has 0 aliphatic carbocycles. The first-order chi connectivity index (χ1) is 9.21. The Balaban J connectivity index is 2.57. The fourth-order valence-electron chi connectivity index (χ4n) is 1.82. The molecule has 106 valence electrons. The fraction of sp³-hybridized carbons (Fsp3) is 0.533. The van der Waals surface area contributed by atoms with Gasteiger partial charge in [0.2, 0.25) is 0 Å². The third-order valence-corrected chi connectivity index (χ3v) is 3.19. The van der Waals surface area contributed by atoms with E-state index in [1.807, 2.05) is 38.1 Å². The van der Waals surface area contributed by atoms with Gasteiger partial charge in [0.25, 0.3) is 0 Å². The number of carbonyl (C=O) groups excluding carboxylic acids is 1. The lowest BCUT2D eigenvalue weighted by molar-refractivity contribution is -0.148. The third-order valence-electron chi connectivity index (χ3n) is 2.86. The quantitative estimate of drug-likeness (QED) is 0.540. The highest BCUT2D eigenvalue weighted by Gasteiger charge is 2.17. The van der Waals surface area contributed by atoms with E-state index >= 15 is 0 Å². The fourth-order valence-corrected chi connectivity index (χ4v) is 1.98. The molecule has 4 heteroatoms. The minimum Gasteiger partial charge on any atom is -0.493 e. The van der Waals surface area contributed by atoms with E-state index in [4.69, 9.17) is 9.47 Å². The van der Waals surface area contributed by atoms with Gasteiger partial charge in [0.15, 0.2) is 0 Å². The van der Waals surface area contributed by atoms with Gasteiger partial charge in [0, 0.05) is 5.33 Å². The minimum absolute atomic E-state index is 0.0609. The van der Waals surface area contributed by atoms with Crippen molar-refractivity contribution >= 4 is 21.9 Å². The van der Waals surface area contributed by atoms with E-state index in [-0.39, 0.29) is 11.9 Å². The summed E-state index contributed by atoms with van der Waals surface area (Å²) in [6.45, 7) is 4.93. The van der Waals surface area contributed by atoms with E-state index < -0.39 is 0 Å². The maximum Gasteiger partial charge on any atom is 0.309 e. The lowest BCUT2D eigenvalue weighted by Crippen LogP contribution is -2.19. The van der Waals surface area contributed by atoms with Gasteiger partial charge in [-0.05, 0) is 37.5 Å². The second-order valence-corrected chi connectivity index (χ2v) is 5.04. The van der Waals surface area contributed by atoms with E-state index in [2.05, 4.69) is 15.9 Å². The number of benzene rings is 1. The van der Waals surface area contributed by atoms with E-state index in [9.17, 15) is 4.79 Å². The first-order valence-corrected chi connectivity index (χ1v) is 7.77. The summed E-state index contributed by atoms with van der Waals surface area (Å²) in [4.78, 5) is 11.7. The van der Waals surface area contributed by atoms with Crippen molar-refractivity contribution in [2.45, 2.75) is 26.7 Å². The summed E-state index contributed by atoms with van der Waals surface area (Å²) in [7, 11) is 0. The molecule has 0 spiro atoms. The molecule has 0 aromatic heterocycles. The second kappa shape index (κ2) is 8.97. The summed E-state index contributed by atoms with van der Waals surface area (Å²) < 4.78 is 10.6. The van der Waals surface area contributed by atoms with Gasteiger partial charge >= 0.3 is 5.97 Å². The summed E-state index contributed by atoms with van der Waals surface area (Å²) in [5, 5.41) is 0.815. The first-order valence-electron chi connectivity index (χ1n) is 6.65. The largest absolute Gasteiger partial charge is 0.493 e. The highest BCUT2D eigenvalue weighted by molar-refractivity contribution is 9.09. The number of esters is 1. The molecule has 1 unspecified atom stereocenters. The van der Waals surface area contributed by atoms with Gasteiger partial charge in [-0.25, -0.2) is 0 Å². The molecule has 0 aliphatic rings. The van der Waals surface area contributed by atoms with Crippen molar-refractivity contribution in [1.82, 2.24) is 0 Å². The summed E-state index contributed by atoms with van der Waals surface area (Å²) in [6.07, 6.45) is 1.51. The van der Waals surface area contributed by atoms with Gasteiger partial charge < -0.3 is 9.47 Å². The van der Waals surface area contributed by atoms with Crippen LogP contribution >= 0.6 is 15.9 Å². The SMILES string of the molecule is CCOC(=O)C(CC)Cc1ccc(OCCBr)cc1. The summed E-state index contributed by atoms with van der Waals surface area (Å²) >= 11 is 3.32. The van der Waals surface area contributed by atoms with Crippen molar-refractivity contribution in [3.05, 3.63) is 29.8 Å². The molecule has 0 radical (unpaired) electrons.